The molecule has 0 spiro atoms. The summed E-state index contributed by atoms with van der Waals surface area (Å²) in [6.45, 7) is 2.68. The van der Waals surface area contributed by atoms with E-state index in [4.69, 9.17) is 0 Å². The molecule has 106 valence electrons. The van der Waals surface area contributed by atoms with Crippen LogP contribution >= 0.6 is 0 Å². The highest BCUT2D eigenvalue weighted by Crippen LogP contribution is 2.17. The molecule has 0 atom stereocenters. The Labute approximate surface area is 125 Å². The van der Waals surface area contributed by atoms with Gasteiger partial charge in [0.1, 0.15) is 0 Å². The summed E-state index contributed by atoms with van der Waals surface area (Å²) < 4.78 is 1.99. The third-order valence-electron chi connectivity index (χ3n) is 3.43. The largest absolute Gasteiger partial charge is 0.311 e. The van der Waals surface area contributed by atoms with Crippen molar-refractivity contribution in [3.8, 4) is 11.1 Å². The maximum Gasteiger partial charge on any atom is 0.0568 e. The molecule has 0 bridgehead atoms. The molecule has 1 aromatic heterocycles. The van der Waals surface area contributed by atoms with Gasteiger partial charge in [-0.2, -0.15) is 5.10 Å². The van der Waals surface area contributed by atoms with Gasteiger partial charge < -0.3 is 5.32 Å². The maximum atomic E-state index is 4.41. The molecule has 0 unspecified atom stereocenters. The van der Waals surface area contributed by atoms with Crippen LogP contribution in [0.1, 0.15) is 5.56 Å². The fourth-order valence-electron chi connectivity index (χ4n) is 2.29. The van der Waals surface area contributed by atoms with Gasteiger partial charge in [-0.05, 0) is 11.1 Å². The number of nitrogens with one attached hydrogen (secondary N) is 1. The first kappa shape index (κ1) is 13.6. The molecule has 21 heavy (non-hydrogen) atoms. The summed E-state index contributed by atoms with van der Waals surface area (Å²) in [4.78, 5) is 0. The Bertz CT molecular complexity index is 659. The minimum absolute atomic E-state index is 0.875. The van der Waals surface area contributed by atoms with Gasteiger partial charge in [-0.1, -0.05) is 60.7 Å². The monoisotopic (exact) mass is 277 g/mol. The van der Waals surface area contributed by atoms with Gasteiger partial charge in [0, 0.05) is 24.8 Å². The Hall–Kier alpha value is -2.39. The number of hydrogen-bond acceptors (Lipinski definition) is 2. The summed E-state index contributed by atoms with van der Waals surface area (Å²) in [6, 6.07) is 20.8. The number of rotatable bonds is 6. The van der Waals surface area contributed by atoms with E-state index in [1.165, 1.54) is 16.7 Å². The number of benzene rings is 2. The molecule has 0 aliphatic carbocycles. The van der Waals surface area contributed by atoms with Crippen molar-refractivity contribution in [3.05, 3.63) is 78.6 Å². The van der Waals surface area contributed by atoms with Gasteiger partial charge in [0.15, 0.2) is 0 Å². The van der Waals surface area contributed by atoms with Crippen molar-refractivity contribution in [2.75, 3.05) is 6.54 Å². The number of hydrogen-bond donors (Lipinski definition) is 1. The second-order valence-electron chi connectivity index (χ2n) is 5.02. The molecule has 1 heterocycles. The summed E-state index contributed by atoms with van der Waals surface area (Å²) >= 11 is 0. The zero-order valence-corrected chi connectivity index (χ0v) is 11.9. The van der Waals surface area contributed by atoms with Gasteiger partial charge in [-0.3, -0.25) is 4.68 Å². The van der Waals surface area contributed by atoms with Crippen LogP contribution in [0.3, 0.4) is 0 Å². The van der Waals surface area contributed by atoms with Gasteiger partial charge in [0.2, 0.25) is 0 Å². The van der Waals surface area contributed by atoms with E-state index in [-0.39, 0.29) is 0 Å². The molecular weight excluding hydrogens is 258 g/mol. The third-order valence-corrected chi connectivity index (χ3v) is 3.43. The molecular formula is C18H19N3. The smallest absolute Gasteiger partial charge is 0.0568 e. The molecule has 0 aliphatic rings. The van der Waals surface area contributed by atoms with E-state index in [1.54, 1.807) is 0 Å². The van der Waals surface area contributed by atoms with E-state index in [9.17, 15) is 0 Å². The third kappa shape index (κ3) is 3.80. The minimum atomic E-state index is 0.875. The van der Waals surface area contributed by atoms with Crippen molar-refractivity contribution in [1.29, 1.82) is 0 Å². The lowest BCUT2D eigenvalue weighted by Gasteiger charge is -2.05. The van der Waals surface area contributed by atoms with E-state index >= 15 is 0 Å². The predicted octanol–water partition coefficient (Wildman–Crippen LogP) is 3.34. The normalized spacial score (nSPS) is 10.7. The molecule has 0 saturated heterocycles. The maximum absolute atomic E-state index is 4.41. The zero-order valence-electron chi connectivity index (χ0n) is 11.9. The summed E-state index contributed by atoms with van der Waals surface area (Å²) in [5.74, 6) is 0. The van der Waals surface area contributed by atoms with Crippen LogP contribution < -0.4 is 5.32 Å². The molecule has 0 aliphatic heterocycles. The lowest BCUT2D eigenvalue weighted by Crippen LogP contribution is -2.19. The van der Waals surface area contributed by atoms with Crippen molar-refractivity contribution in [1.82, 2.24) is 15.1 Å². The molecule has 3 nitrogen and oxygen atoms in total. The van der Waals surface area contributed by atoms with Crippen LogP contribution in [0.25, 0.3) is 11.1 Å². The van der Waals surface area contributed by atoms with E-state index in [0.717, 1.165) is 19.6 Å². The van der Waals surface area contributed by atoms with Gasteiger partial charge in [-0.15, -0.1) is 0 Å². The van der Waals surface area contributed by atoms with Crippen molar-refractivity contribution < 1.29 is 0 Å². The lowest BCUT2D eigenvalue weighted by atomic mass is 10.1. The number of nitrogens with zero attached hydrogens (tertiary/aromatic N) is 2. The van der Waals surface area contributed by atoms with E-state index < -0.39 is 0 Å². The van der Waals surface area contributed by atoms with Gasteiger partial charge >= 0.3 is 0 Å². The summed E-state index contributed by atoms with van der Waals surface area (Å²) in [5, 5.41) is 7.85. The Morgan fingerprint density at radius 1 is 0.857 bits per heavy atom. The Kier molecular flexibility index (Phi) is 4.44. The minimum Gasteiger partial charge on any atom is -0.311 e. The molecule has 0 radical (unpaired) electrons. The molecule has 0 amide bonds. The van der Waals surface area contributed by atoms with Crippen LogP contribution in [0, 0.1) is 0 Å². The Morgan fingerprint density at radius 3 is 2.33 bits per heavy atom. The molecule has 3 heteroatoms. The average molecular weight is 277 g/mol. The lowest BCUT2D eigenvalue weighted by molar-refractivity contribution is 0.555. The van der Waals surface area contributed by atoms with Crippen LogP contribution in [0.5, 0.6) is 0 Å². The SMILES string of the molecule is c1ccc(CNCCn2cc(-c3ccccc3)cn2)cc1. The van der Waals surface area contributed by atoms with Gasteiger partial charge in [-0.25, -0.2) is 0 Å². The summed E-state index contributed by atoms with van der Waals surface area (Å²) in [6.07, 6.45) is 4.02. The zero-order chi connectivity index (χ0) is 14.3. The van der Waals surface area contributed by atoms with Gasteiger partial charge in [0.05, 0.1) is 12.7 Å². The van der Waals surface area contributed by atoms with Gasteiger partial charge in [0.25, 0.3) is 0 Å². The standard InChI is InChI=1S/C18H19N3/c1-3-7-16(8-4-1)13-19-11-12-21-15-18(14-20-21)17-9-5-2-6-10-17/h1-10,14-15,19H,11-13H2. The second kappa shape index (κ2) is 6.86. The highest BCUT2D eigenvalue weighted by molar-refractivity contribution is 5.61. The quantitative estimate of drug-likeness (QED) is 0.700. The second-order valence-corrected chi connectivity index (χ2v) is 5.02. The van der Waals surface area contributed by atoms with Crippen LogP contribution in [0.2, 0.25) is 0 Å². The topological polar surface area (TPSA) is 29.9 Å². The fraction of sp³-hybridized carbons (Fsp3) is 0.167. The van der Waals surface area contributed by atoms with Crippen molar-refractivity contribution in [2.24, 2.45) is 0 Å². The molecule has 0 fully saturated rings. The first-order chi connectivity index (χ1) is 10.4. The molecule has 3 aromatic rings. The highest BCUT2D eigenvalue weighted by Gasteiger charge is 2.00. The first-order valence-electron chi connectivity index (χ1n) is 7.24. The Morgan fingerprint density at radius 2 is 1.57 bits per heavy atom. The van der Waals surface area contributed by atoms with E-state index in [1.807, 2.05) is 35.1 Å². The van der Waals surface area contributed by atoms with Crippen LogP contribution in [0.4, 0.5) is 0 Å². The average Bonchev–Trinajstić information content (AvgIpc) is 3.02. The fourth-order valence-corrected chi connectivity index (χ4v) is 2.29. The summed E-state index contributed by atoms with van der Waals surface area (Å²) in [5.41, 5.74) is 3.68. The van der Waals surface area contributed by atoms with E-state index in [0.29, 0.717) is 0 Å². The van der Waals surface area contributed by atoms with Crippen molar-refractivity contribution in [3.63, 3.8) is 0 Å². The van der Waals surface area contributed by atoms with Crippen LogP contribution in [0.15, 0.2) is 73.1 Å². The predicted molar refractivity (Wildman–Crippen MR) is 85.8 cm³/mol. The molecule has 1 N–H and O–H groups in total. The van der Waals surface area contributed by atoms with Crippen molar-refractivity contribution in [2.45, 2.75) is 13.1 Å². The molecule has 2 aromatic carbocycles. The van der Waals surface area contributed by atoms with E-state index in [2.05, 4.69) is 53.0 Å². The number of aromatic nitrogens is 2. The van der Waals surface area contributed by atoms with Crippen LogP contribution in [-0.2, 0) is 13.1 Å². The van der Waals surface area contributed by atoms with Crippen molar-refractivity contribution >= 4 is 0 Å². The Balaban J connectivity index is 1.49. The highest BCUT2D eigenvalue weighted by atomic mass is 15.3. The van der Waals surface area contributed by atoms with Crippen LogP contribution in [-0.4, -0.2) is 16.3 Å². The summed E-state index contributed by atoms with van der Waals surface area (Å²) in [7, 11) is 0. The molecule has 3 rings (SSSR count). The molecule has 0 saturated carbocycles. The first-order valence-corrected chi connectivity index (χ1v) is 7.24.